The number of phenolic OH excluding ortho intramolecular Hbond substituents is 1. The molecule has 0 fully saturated rings. The van der Waals surface area contributed by atoms with Gasteiger partial charge in [0.15, 0.2) is 5.78 Å². The quantitative estimate of drug-likeness (QED) is 0.466. The van der Waals surface area contributed by atoms with Crippen molar-refractivity contribution in [3.8, 4) is 5.75 Å². The molecular formula is C13H12N2O2. The number of ketones is 1. The Morgan fingerprint density at radius 2 is 2.12 bits per heavy atom. The van der Waals surface area contributed by atoms with Crippen molar-refractivity contribution in [2.24, 2.45) is 5.73 Å². The number of nitrogen functional groups attached to an aromatic ring is 1. The monoisotopic (exact) mass is 228 g/mol. The average Bonchev–Trinajstić information content (AvgIpc) is 2.32. The molecule has 4 heteroatoms. The molecule has 3 rings (SSSR count). The zero-order valence-corrected chi connectivity index (χ0v) is 9.10. The number of phenols is 1. The zero-order valence-electron chi connectivity index (χ0n) is 9.10. The normalized spacial score (nSPS) is 18.6. The fourth-order valence-corrected chi connectivity index (χ4v) is 2.48. The summed E-state index contributed by atoms with van der Waals surface area (Å²) in [5, 5.41) is 11.3. The Labute approximate surface area is 97.8 Å². The van der Waals surface area contributed by atoms with E-state index in [-0.39, 0.29) is 11.5 Å². The Balaban J connectivity index is 2.50. The Hall–Kier alpha value is -2.07. The van der Waals surface area contributed by atoms with Gasteiger partial charge in [-0.2, -0.15) is 0 Å². The number of hydrogen-bond acceptors (Lipinski definition) is 4. The molecular weight excluding hydrogens is 216 g/mol. The number of carbonyl (C=O) groups is 1. The Bertz CT molecular complexity index is 649. The Kier molecular flexibility index (Phi) is 1.91. The molecule has 0 saturated heterocycles. The van der Waals surface area contributed by atoms with Gasteiger partial charge in [0, 0.05) is 10.9 Å². The molecule has 0 aliphatic heterocycles. The van der Waals surface area contributed by atoms with E-state index in [0.717, 1.165) is 10.9 Å². The first-order valence-corrected chi connectivity index (χ1v) is 5.42. The topological polar surface area (TPSA) is 89.3 Å². The Morgan fingerprint density at radius 3 is 2.88 bits per heavy atom. The fourth-order valence-electron chi connectivity index (χ4n) is 2.48. The molecule has 0 amide bonds. The second-order valence-electron chi connectivity index (χ2n) is 4.38. The molecule has 1 atom stereocenters. The first-order valence-electron chi connectivity index (χ1n) is 5.42. The third-order valence-corrected chi connectivity index (χ3v) is 3.29. The lowest BCUT2D eigenvalue weighted by molar-refractivity contribution is 0.0959. The van der Waals surface area contributed by atoms with Crippen LogP contribution in [0, 0.1) is 0 Å². The molecule has 1 unspecified atom stereocenters. The standard InChI is InChI=1S/C13H12N2O2/c14-9-4-6-5-10(15)13(17)8-3-1-2-7(11(6)8)12(9)16/h1-4,10,16H,5,14-15H2. The van der Waals surface area contributed by atoms with Crippen molar-refractivity contribution in [3.05, 3.63) is 35.4 Å². The maximum absolute atomic E-state index is 12.0. The summed E-state index contributed by atoms with van der Waals surface area (Å²) in [6.45, 7) is 0. The van der Waals surface area contributed by atoms with E-state index >= 15 is 0 Å². The van der Waals surface area contributed by atoms with E-state index in [9.17, 15) is 9.90 Å². The summed E-state index contributed by atoms with van der Waals surface area (Å²) in [6.07, 6.45) is 0.469. The smallest absolute Gasteiger partial charge is 0.180 e. The largest absolute Gasteiger partial charge is 0.505 e. The number of benzene rings is 2. The van der Waals surface area contributed by atoms with Gasteiger partial charge in [0.25, 0.3) is 0 Å². The van der Waals surface area contributed by atoms with Gasteiger partial charge in [-0.05, 0) is 23.4 Å². The highest BCUT2D eigenvalue weighted by Crippen LogP contribution is 2.38. The Morgan fingerprint density at radius 1 is 1.35 bits per heavy atom. The van der Waals surface area contributed by atoms with E-state index < -0.39 is 6.04 Å². The predicted octanol–water partition coefficient (Wildman–Crippen LogP) is 1.19. The van der Waals surface area contributed by atoms with Crippen LogP contribution >= 0.6 is 0 Å². The van der Waals surface area contributed by atoms with Crippen LogP contribution in [0.2, 0.25) is 0 Å². The zero-order chi connectivity index (χ0) is 12.2. The molecule has 0 aromatic heterocycles. The third-order valence-electron chi connectivity index (χ3n) is 3.29. The minimum absolute atomic E-state index is 0.0360. The molecule has 0 saturated carbocycles. The molecule has 0 heterocycles. The van der Waals surface area contributed by atoms with Crippen molar-refractivity contribution in [1.82, 2.24) is 0 Å². The summed E-state index contributed by atoms with van der Waals surface area (Å²) < 4.78 is 0. The summed E-state index contributed by atoms with van der Waals surface area (Å²) in [6, 6.07) is 6.42. The molecule has 5 N–H and O–H groups in total. The highest BCUT2D eigenvalue weighted by molar-refractivity contribution is 6.15. The van der Waals surface area contributed by atoms with E-state index in [1.54, 1.807) is 24.3 Å². The summed E-state index contributed by atoms with van der Waals surface area (Å²) in [5.41, 5.74) is 13.4. The first kappa shape index (κ1) is 10.1. The van der Waals surface area contributed by atoms with Gasteiger partial charge in [-0.15, -0.1) is 0 Å². The van der Waals surface area contributed by atoms with Crippen LogP contribution in [0.25, 0.3) is 10.8 Å². The number of hydrogen-bond donors (Lipinski definition) is 3. The van der Waals surface area contributed by atoms with Crippen molar-refractivity contribution in [3.63, 3.8) is 0 Å². The molecule has 4 nitrogen and oxygen atoms in total. The molecule has 1 aliphatic carbocycles. The molecule has 0 radical (unpaired) electrons. The van der Waals surface area contributed by atoms with Crippen molar-refractivity contribution in [2.75, 3.05) is 5.73 Å². The molecule has 0 spiro atoms. The van der Waals surface area contributed by atoms with Crippen LogP contribution in [0.5, 0.6) is 5.75 Å². The summed E-state index contributed by atoms with van der Waals surface area (Å²) in [5.74, 6) is -0.0406. The van der Waals surface area contributed by atoms with E-state index in [1.165, 1.54) is 0 Å². The number of rotatable bonds is 0. The van der Waals surface area contributed by atoms with Crippen LogP contribution < -0.4 is 11.5 Å². The third kappa shape index (κ3) is 1.24. The molecule has 86 valence electrons. The lowest BCUT2D eigenvalue weighted by atomic mass is 9.84. The average molecular weight is 228 g/mol. The minimum atomic E-state index is -0.517. The highest BCUT2D eigenvalue weighted by Gasteiger charge is 2.27. The maximum atomic E-state index is 12.0. The molecule has 2 aromatic rings. The van der Waals surface area contributed by atoms with Gasteiger partial charge in [0.05, 0.1) is 11.7 Å². The molecule has 2 aromatic carbocycles. The fraction of sp³-hybridized carbons (Fsp3) is 0.154. The van der Waals surface area contributed by atoms with E-state index in [0.29, 0.717) is 23.1 Å². The van der Waals surface area contributed by atoms with Gasteiger partial charge in [0.1, 0.15) is 5.75 Å². The van der Waals surface area contributed by atoms with E-state index in [4.69, 9.17) is 11.5 Å². The summed E-state index contributed by atoms with van der Waals surface area (Å²) in [4.78, 5) is 12.0. The van der Waals surface area contributed by atoms with Crippen molar-refractivity contribution in [1.29, 1.82) is 0 Å². The van der Waals surface area contributed by atoms with E-state index in [1.807, 2.05) is 0 Å². The lowest BCUT2D eigenvalue weighted by Crippen LogP contribution is -2.35. The number of nitrogens with two attached hydrogens (primary N) is 2. The van der Waals surface area contributed by atoms with Gasteiger partial charge in [0.2, 0.25) is 0 Å². The second kappa shape index (κ2) is 3.21. The van der Waals surface area contributed by atoms with Crippen LogP contribution in [-0.4, -0.2) is 16.9 Å². The van der Waals surface area contributed by atoms with Crippen LogP contribution in [0.15, 0.2) is 24.3 Å². The highest BCUT2D eigenvalue weighted by atomic mass is 16.3. The van der Waals surface area contributed by atoms with Crippen molar-refractivity contribution < 1.29 is 9.90 Å². The second-order valence-corrected chi connectivity index (χ2v) is 4.38. The van der Waals surface area contributed by atoms with Gasteiger partial charge >= 0.3 is 0 Å². The molecule has 0 bridgehead atoms. The molecule has 1 aliphatic rings. The van der Waals surface area contributed by atoms with E-state index in [2.05, 4.69) is 0 Å². The molecule has 17 heavy (non-hydrogen) atoms. The first-order chi connectivity index (χ1) is 8.09. The van der Waals surface area contributed by atoms with Crippen LogP contribution in [0.3, 0.4) is 0 Å². The van der Waals surface area contributed by atoms with Gasteiger partial charge in [-0.25, -0.2) is 0 Å². The lowest BCUT2D eigenvalue weighted by Gasteiger charge is -2.22. The van der Waals surface area contributed by atoms with Gasteiger partial charge < -0.3 is 16.6 Å². The number of anilines is 1. The predicted molar refractivity (Wildman–Crippen MR) is 66.0 cm³/mol. The SMILES string of the molecule is Nc1cc2c3c(cccc3c1O)C(=O)C(N)C2. The maximum Gasteiger partial charge on any atom is 0.180 e. The minimum Gasteiger partial charge on any atom is -0.505 e. The van der Waals surface area contributed by atoms with Gasteiger partial charge in [-0.3, -0.25) is 4.79 Å². The van der Waals surface area contributed by atoms with Crippen LogP contribution in [0.4, 0.5) is 5.69 Å². The summed E-state index contributed by atoms with van der Waals surface area (Å²) in [7, 11) is 0. The number of aromatic hydroxyl groups is 1. The van der Waals surface area contributed by atoms with Crippen molar-refractivity contribution in [2.45, 2.75) is 12.5 Å². The van der Waals surface area contributed by atoms with Crippen LogP contribution in [0.1, 0.15) is 15.9 Å². The van der Waals surface area contributed by atoms with Crippen LogP contribution in [-0.2, 0) is 6.42 Å². The number of carbonyl (C=O) groups excluding carboxylic acids is 1. The number of Topliss-reactive ketones (excluding diaryl/α,β-unsaturated/α-hetero) is 1. The van der Waals surface area contributed by atoms with Crippen molar-refractivity contribution >= 4 is 22.2 Å². The van der Waals surface area contributed by atoms with Gasteiger partial charge in [-0.1, -0.05) is 18.2 Å². The summed E-state index contributed by atoms with van der Waals surface area (Å²) >= 11 is 0.